The average molecular weight is 905 g/mol. The second-order valence-electron chi connectivity index (χ2n) is 19.7. The van der Waals surface area contributed by atoms with Gasteiger partial charge in [0.1, 0.15) is 0 Å². The van der Waals surface area contributed by atoms with Gasteiger partial charge in [-0.1, -0.05) is 184 Å². The first-order valence-corrected chi connectivity index (χ1v) is 24.7. The lowest BCUT2D eigenvalue weighted by Crippen LogP contribution is -2.14. The van der Waals surface area contributed by atoms with Gasteiger partial charge in [-0.2, -0.15) is 0 Å². The molecular formula is C69H48N2. The molecule has 71 heavy (non-hydrogen) atoms. The van der Waals surface area contributed by atoms with Gasteiger partial charge >= 0.3 is 0 Å². The Morgan fingerprint density at radius 2 is 0.718 bits per heavy atom. The van der Waals surface area contributed by atoms with Crippen LogP contribution in [0.25, 0.3) is 104 Å². The van der Waals surface area contributed by atoms with Crippen molar-refractivity contribution in [2.24, 2.45) is 0 Å². The molecule has 0 saturated carbocycles. The second-order valence-corrected chi connectivity index (χ2v) is 19.7. The normalized spacial score (nSPS) is 12.8. The van der Waals surface area contributed by atoms with Crippen LogP contribution in [0.1, 0.15) is 25.0 Å². The van der Waals surface area contributed by atoms with Crippen LogP contribution < -0.4 is 4.90 Å². The first-order chi connectivity index (χ1) is 35.0. The molecule has 2 heteroatoms. The predicted octanol–water partition coefficient (Wildman–Crippen LogP) is 19.0. The van der Waals surface area contributed by atoms with Gasteiger partial charge in [0.25, 0.3) is 0 Å². The summed E-state index contributed by atoms with van der Waals surface area (Å²) >= 11 is 0. The average Bonchev–Trinajstić information content (AvgIpc) is 3.89. The van der Waals surface area contributed by atoms with E-state index in [1.807, 2.05) is 0 Å². The fourth-order valence-electron chi connectivity index (χ4n) is 11.8. The smallest absolute Gasteiger partial charge is 0.0541 e. The van der Waals surface area contributed by atoms with Crippen LogP contribution in [-0.2, 0) is 5.41 Å². The highest BCUT2D eigenvalue weighted by Crippen LogP contribution is 2.51. The fourth-order valence-corrected chi connectivity index (χ4v) is 11.8. The third-order valence-electron chi connectivity index (χ3n) is 15.4. The highest BCUT2D eigenvalue weighted by atomic mass is 15.1. The van der Waals surface area contributed by atoms with Crippen molar-refractivity contribution in [3.63, 3.8) is 0 Å². The molecule has 0 spiro atoms. The maximum atomic E-state index is 2.49. The molecule has 2 nitrogen and oxygen atoms in total. The lowest BCUT2D eigenvalue weighted by atomic mass is 9.81. The molecule has 12 aromatic carbocycles. The van der Waals surface area contributed by atoms with Crippen molar-refractivity contribution in [1.29, 1.82) is 0 Å². The van der Waals surface area contributed by atoms with Gasteiger partial charge in [-0.3, -0.25) is 0 Å². The summed E-state index contributed by atoms with van der Waals surface area (Å²) in [6.07, 6.45) is 0. The summed E-state index contributed by atoms with van der Waals surface area (Å²) in [5.74, 6) is 0. The first-order valence-electron chi connectivity index (χ1n) is 24.7. The summed E-state index contributed by atoms with van der Waals surface area (Å²) in [5.41, 5.74) is 19.5. The van der Waals surface area contributed by atoms with Crippen LogP contribution in [0.15, 0.2) is 255 Å². The highest BCUT2D eigenvalue weighted by Gasteiger charge is 2.35. The van der Waals surface area contributed by atoms with Crippen molar-refractivity contribution in [1.82, 2.24) is 4.57 Å². The molecule has 0 unspecified atom stereocenters. The Hall–Kier alpha value is -8.98. The molecule has 0 radical (unpaired) electrons. The van der Waals surface area contributed by atoms with Gasteiger partial charge in [-0.25, -0.2) is 0 Å². The van der Waals surface area contributed by atoms with E-state index in [1.54, 1.807) is 0 Å². The Kier molecular flexibility index (Phi) is 9.28. The molecule has 1 heterocycles. The van der Waals surface area contributed by atoms with Crippen LogP contribution in [0.5, 0.6) is 0 Å². The van der Waals surface area contributed by atoms with Crippen molar-refractivity contribution < 1.29 is 0 Å². The fraction of sp³-hybridized carbons (Fsp3) is 0.0435. The minimum atomic E-state index is -0.0684. The maximum Gasteiger partial charge on any atom is 0.0541 e. The number of hydrogen-bond acceptors (Lipinski definition) is 1. The van der Waals surface area contributed by atoms with Crippen molar-refractivity contribution >= 4 is 71.2 Å². The van der Waals surface area contributed by atoms with E-state index < -0.39 is 0 Å². The quantitative estimate of drug-likeness (QED) is 0.145. The number of hydrogen-bond donors (Lipinski definition) is 0. The summed E-state index contributed by atoms with van der Waals surface area (Å²) in [4.78, 5) is 2.37. The summed E-state index contributed by atoms with van der Waals surface area (Å²) in [5, 5.41) is 10.3. The van der Waals surface area contributed by atoms with Crippen LogP contribution in [0.4, 0.5) is 17.1 Å². The zero-order valence-corrected chi connectivity index (χ0v) is 39.6. The zero-order valence-electron chi connectivity index (χ0n) is 39.6. The van der Waals surface area contributed by atoms with Gasteiger partial charge in [0.05, 0.1) is 11.0 Å². The summed E-state index contributed by atoms with van der Waals surface area (Å²) in [6, 6.07) is 94.0. The molecule has 0 saturated heterocycles. The molecule has 334 valence electrons. The maximum absolute atomic E-state index is 2.49. The molecule has 1 aliphatic rings. The molecule has 14 rings (SSSR count). The molecule has 1 aromatic heterocycles. The van der Waals surface area contributed by atoms with Gasteiger partial charge in [0.2, 0.25) is 0 Å². The van der Waals surface area contributed by atoms with Crippen molar-refractivity contribution in [2.45, 2.75) is 19.3 Å². The summed E-state index contributed by atoms with van der Waals surface area (Å²) in [7, 11) is 0. The number of anilines is 3. The molecule has 13 aromatic rings. The molecular weight excluding hydrogens is 857 g/mol. The number of nitrogens with zero attached hydrogens (tertiary/aromatic N) is 2. The van der Waals surface area contributed by atoms with Gasteiger partial charge in [0.15, 0.2) is 0 Å². The van der Waals surface area contributed by atoms with E-state index in [9.17, 15) is 0 Å². The number of fused-ring (bicyclic) bond motifs is 12. The Morgan fingerprint density at radius 1 is 0.282 bits per heavy atom. The third kappa shape index (κ3) is 6.56. The van der Waals surface area contributed by atoms with E-state index in [0.29, 0.717) is 0 Å². The van der Waals surface area contributed by atoms with Crippen LogP contribution in [0, 0.1) is 0 Å². The predicted molar refractivity (Wildman–Crippen MR) is 302 cm³/mol. The number of aromatic nitrogens is 1. The summed E-state index contributed by atoms with van der Waals surface area (Å²) < 4.78 is 2.37. The second kappa shape index (κ2) is 16.1. The summed E-state index contributed by atoms with van der Waals surface area (Å²) in [6.45, 7) is 4.75. The molecule has 0 bridgehead atoms. The third-order valence-corrected chi connectivity index (χ3v) is 15.4. The Balaban J connectivity index is 0.845. The number of para-hydroxylation sites is 2. The van der Waals surface area contributed by atoms with Crippen LogP contribution >= 0.6 is 0 Å². The molecule has 0 N–H and O–H groups in total. The van der Waals surface area contributed by atoms with Crippen molar-refractivity contribution in [3.05, 3.63) is 266 Å². The van der Waals surface area contributed by atoms with E-state index in [-0.39, 0.29) is 5.41 Å². The molecule has 0 amide bonds. The lowest BCUT2D eigenvalue weighted by molar-refractivity contribution is 0.661. The minimum Gasteiger partial charge on any atom is -0.311 e. The van der Waals surface area contributed by atoms with Gasteiger partial charge in [-0.05, 0) is 173 Å². The standard InChI is InChI=1S/C69H48N2/c1-69(2)65-23-13-11-21-58(65)63-43-61-56-20-10-9-19-55(56)60-41-49(31-39-57(60)62(61)44-66(63)69)47-27-35-53(36-28-47)70(52-33-25-46(26-34-52)45-15-5-3-6-16-45)54-37-29-48(30-38-54)50-32-40-68-64(42-50)59-22-12-14-24-67(59)71(68)51-17-7-4-8-18-51/h3-44H,1-2H3. The van der Waals surface area contributed by atoms with E-state index in [0.717, 1.165) is 17.1 Å². The molecule has 0 aliphatic heterocycles. The zero-order chi connectivity index (χ0) is 47.2. The monoisotopic (exact) mass is 904 g/mol. The minimum absolute atomic E-state index is 0.0684. The van der Waals surface area contributed by atoms with E-state index >= 15 is 0 Å². The van der Waals surface area contributed by atoms with E-state index in [2.05, 4.69) is 278 Å². The van der Waals surface area contributed by atoms with E-state index in [1.165, 1.54) is 115 Å². The van der Waals surface area contributed by atoms with Crippen molar-refractivity contribution in [3.8, 4) is 50.2 Å². The number of rotatable bonds is 7. The van der Waals surface area contributed by atoms with Gasteiger partial charge in [0, 0.05) is 38.9 Å². The highest BCUT2D eigenvalue weighted by molar-refractivity contribution is 6.26. The van der Waals surface area contributed by atoms with Crippen LogP contribution in [0.3, 0.4) is 0 Å². The number of benzene rings is 12. The first kappa shape index (κ1) is 41.0. The molecule has 1 aliphatic carbocycles. The Labute approximate surface area is 414 Å². The Morgan fingerprint density at radius 3 is 1.37 bits per heavy atom. The Bertz CT molecular complexity index is 4200. The van der Waals surface area contributed by atoms with Gasteiger partial charge in [-0.15, -0.1) is 0 Å². The van der Waals surface area contributed by atoms with Crippen LogP contribution in [-0.4, -0.2) is 4.57 Å². The van der Waals surface area contributed by atoms with E-state index in [4.69, 9.17) is 0 Å². The van der Waals surface area contributed by atoms with Crippen LogP contribution in [0.2, 0.25) is 0 Å². The van der Waals surface area contributed by atoms with Gasteiger partial charge < -0.3 is 9.47 Å². The van der Waals surface area contributed by atoms with Crippen molar-refractivity contribution in [2.75, 3.05) is 4.90 Å². The molecule has 0 fully saturated rings. The SMILES string of the molecule is CC1(C)c2ccccc2-c2cc3c4ccccc4c4cc(-c5ccc(N(c6ccc(-c7ccccc7)cc6)c6ccc(-c7ccc8c(c7)c7ccccc7n8-c7ccccc7)cc6)cc5)ccc4c3cc21. The lowest BCUT2D eigenvalue weighted by Gasteiger charge is -2.26. The topological polar surface area (TPSA) is 8.17 Å². The molecule has 0 atom stereocenters. The largest absolute Gasteiger partial charge is 0.311 e.